The molecule has 0 spiro atoms. The number of carbonyl (C=O) groups excluding carboxylic acids is 1. The van der Waals surface area contributed by atoms with Crippen LogP contribution in [0.2, 0.25) is 0 Å². The van der Waals surface area contributed by atoms with Crippen molar-refractivity contribution >= 4 is 34.4 Å². The highest BCUT2D eigenvalue weighted by atomic mass is 32.2. The summed E-state index contributed by atoms with van der Waals surface area (Å²) in [5, 5.41) is 3.62. The van der Waals surface area contributed by atoms with Crippen LogP contribution in [0.3, 0.4) is 0 Å². The number of nitrogens with one attached hydrogen (secondary N) is 2. The lowest BCUT2D eigenvalue weighted by Gasteiger charge is -2.18. The highest BCUT2D eigenvalue weighted by Crippen LogP contribution is 2.29. The van der Waals surface area contributed by atoms with E-state index in [1.807, 2.05) is 50.2 Å². The van der Waals surface area contributed by atoms with Crippen molar-refractivity contribution < 1.29 is 4.79 Å². The molecule has 1 heterocycles. The third-order valence-electron chi connectivity index (χ3n) is 4.20. The second kappa shape index (κ2) is 7.31. The minimum atomic E-state index is -0.250. The van der Waals surface area contributed by atoms with Crippen molar-refractivity contribution in [3.05, 3.63) is 53.6 Å². The van der Waals surface area contributed by atoms with Crippen molar-refractivity contribution in [3.63, 3.8) is 0 Å². The Morgan fingerprint density at radius 3 is 2.60 bits per heavy atom. The number of imidazole rings is 1. The molecule has 5 heteroatoms. The molecule has 130 valence electrons. The Hall–Kier alpha value is -2.27. The summed E-state index contributed by atoms with van der Waals surface area (Å²) in [5.74, 6) is 0.343. The van der Waals surface area contributed by atoms with Crippen molar-refractivity contribution in [2.75, 3.05) is 5.32 Å². The van der Waals surface area contributed by atoms with Crippen LogP contribution in [0.15, 0.2) is 47.6 Å². The number of H-pyrrole nitrogens is 1. The molecular weight excluding hydrogens is 330 g/mol. The topological polar surface area (TPSA) is 57.8 Å². The van der Waals surface area contributed by atoms with Crippen LogP contribution in [0.4, 0.5) is 5.69 Å². The van der Waals surface area contributed by atoms with Gasteiger partial charge in [0.1, 0.15) is 0 Å². The molecule has 0 saturated heterocycles. The van der Waals surface area contributed by atoms with Crippen LogP contribution in [0.1, 0.15) is 37.8 Å². The number of carbonyl (C=O) groups is 1. The van der Waals surface area contributed by atoms with Crippen LogP contribution >= 0.6 is 11.8 Å². The molecule has 1 amide bonds. The number of fused-ring (bicyclic) bond motifs is 1. The van der Waals surface area contributed by atoms with E-state index >= 15 is 0 Å². The number of aromatic nitrogens is 2. The van der Waals surface area contributed by atoms with E-state index in [0.717, 1.165) is 33.0 Å². The second-order valence-corrected chi connectivity index (χ2v) is 7.83. The predicted molar refractivity (Wildman–Crippen MR) is 105 cm³/mol. The van der Waals surface area contributed by atoms with Crippen LogP contribution in [0.25, 0.3) is 11.0 Å². The van der Waals surface area contributed by atoms with Gasteiger partial charge in [0.05, 0.1) is 16.3 Å². The van der Waals surface area contributed by atoms with Crippen LogP contribution in [-0.2, 0) is 4.79 Å². The van der Waals surface area contributed by atoms with Crippen molar-refractivity contribution in [1.82, 2.24) is 9.97 Å². The summed E-state index contributed by atoms with van der Waals surface area (Å²) in [5.41, 5.74) is 5.08. The molecule has 0 bridgehead atoms. The standard InChI is InChI=1S/C20H23N3OS/c1-12(2)15-9-7-8-13(3)18(15)23-19(24)14(4)25-20-21-16-10-5-6-11-17(16)22-20/h5-12,14H,1-4H3,(H,21,22)(H,23,24)/t14-/m0/s1. The Bertz CT molecular complexity index is 868. The zero-order valence-corrected chi connectivity index (χ0v) is 15.8. The number of benzene rings is 2. The zero-order valence-electron chi connectivity index (χ0n) is 15.0. The minimum absolute atomic E-state index is 0.0124. The summed E-state index contributed by atoms with van der Waals surface area (Å²) >= 11 is 1.44. The molecule has 3 aromatic rings. The van der Waals surface area contributed by atoms with Crippen molar-refractivity contribution in [2.45, 2.75) is 44.0 Å². The monoisotopic (exact) mass is 353 g/mol. The smallest absolute Gasteiger partial charge is 0.237 e. The molecule has 0 radical (unpaired) electrons. The minimum Gasteiger partial charge on any atom is -0.333 e. The van der Waals surface area contributed by atoms with Crippen LogP contribution in [0.5, 0.6) is 0 Å². The number of hydrogen-bond donors (Lipinski definition) is 2. The number of nitrogens with zero attached hydrogens (tertiary/aromatic N) is 1. The molecule has 4 nitrogen and oxygen atoms in total. The molecule has 1 atom stereocenters. The van der Waals surface area contributed by atoms with Crippen LogP contribution in [0, 0.1) is 6.92 Å². The number of hydrogen-bond acceptors (Lipinski definition) is 3. The Balaban J connectivity index is 1.75. The molecular formula is C20H23N3OS. The Labute approximate surface area is 152 Å². The number of thioether (sulfide) groups is 1. The highest BCUT2D eigenvalue weighted by molar-refractivity contribution is 8.00. The number of anilines is 1. The van der Waals surface area contributed by atoms with Crippen LogP contribution in [-0.4, -0.2) is 21.1 Å². The van der Waals surface area contributed by atoms with Gasteiger partial charge in [0.25, 0.3) is 0 Å². The molecule has 0 aliphatic heterocycles. The predicted octanol–water partition coefficient (Wildman–Crippen LogP) is 5.11. The average Bonchev–Trinajstić information content (AvgIpc) is 2.98. The molecule has 1 aromatic heterocycles. The summed E-state index contributed by atoms with van der Waals surface area (Å²) in [7, 11) is 0. The van der Waals surface area contributed by atoms with Gasteiger partial charge in [-0.2, -0.15) is 0 Å². The van der Waals surface area contributed by atoms with Gasteiger partial charge in [-0.05, 0) is 43.0 Å². The van der Waals surface area contributed by atoms with Gasteiger partial charge >= 0.3 is 0 Å². The van der Waals surface area contributed by atoms with E-state index in [1.165, 1.54) is 11.8 Å². The zero-order chi connectivity index (χ0) is 18.0. The quantitative estimate of drug-likeness (QED) is 0.626. The Kier molecular flexibility index (Phi) is 5.13. The third kappa shape index (κ3) is 3.87. The van der Waals surface area contributed by atoms with E-state index in [9.17, 15) is 4.79 Å². The normalized spacial score (nSPS) is 12.5. The van der Waals surface area contributed by atoms with E-state index in [4.69, 9.17) is 0 Å². The summed E-state index contributed by atoms with van der Waals surface area (Å²) < 4.78 is 0. The van der Waals surface area contributed by atoms with Crippen molar-refractivity contribution in [3.8, 4) is 0 Å². The number of aromatic amines is 1. The van der Waals surface area contributed by atoms with E-state index < -0.39 is 0 Å². The van der Waals surface area contributed by atoms with E-state index in [2.05, 4.69) is 35.2 Å². The van der Waals surface area contributed by atoms with Gasteiger partial charge in [-0.1, -0.05) is 55.9 Å². The Morgan fingerprint density at radius 1 is 1.12 bits per heavy atom. The van der Waals surface area contributed by atoms with Gasteiger partial charge in [0.2, 0.25) is 5.91 Å². The Morgan fingerprint density at radius 2 is 1.88 bits per heavy atom. The lowest BCUT2D eigenvalue weighted by atomic mass is 9.98. The first kappa shape index (κ1) is 17.5. The molecule has 2 N–H and O–H groups in total. The van der Waals surface area contributed by atoms with E-state index in [0.29, 0.717) is 5.92 Å². The molecule has 0 unspecified atom stereocenters. The lowest BCUT2D eigenvalue weighted by Crippen LogP contribution is -2.24. The first-order chi connectivity index (χ1) is 12.0. The molecule has 3 rings (SSSR count). The van der Waals surface area contributed by atoms with Gasteiger partial charge in [0.15, 0.2) is 5.16 Å². The lowest BCUT2D eigenvalue weighted by molar-refractivity contribution is -0.115. The van der Waals surface area contributed by atoms with E-state index in [-0.39, 0.29) is 11.2 Å². The van der Waals surface area contributed by atoms with Gasteiger partial charge in [-0.3, -0.25) is 4.79 Å². The number of amides is 1. The second-order valence-electron chi connectivity index (χ2n) is 6.50. The largest absolute Gasteiger partial charge is 0.333 e. The van der Waals surface area contributed by atoms with Gasteiger partial charge in [-0.25, -0.2) is 4.98 Å². The maximum absolute atomic E-state index is 12.7. The number of para-hydroxylation sites is 3. The molecule has 25 heavy (non-hydrogen) atoms. The summed E-state index contributed by atoms with van der Waals surface area (Å²) in [6.07, 6.45) is 0. The summed E-state index contributed by atoms with van der Waals surface area (Å²) in [6.45, 7) is 8.20. The fourth-order valence-corrected chi connectivity index (χ4v) is 3.59. The molecule has 0 aliphatic rings. The fraction of sp³-hybridized carbons (Fsp3) is 0.300. The number of rotatable bonds is 5. The first-order valence-corrected chi connectivity index (χ1v) is 9.35. The van der Waals surface area contributed by atoms with Gasteiger partial charge in [-0.15, -0.1) is 0 Å². The highest BCUT2D eigenvalue weighted by Gasteiger charge is 2.19. The van der Waals surface area contributed by atoms with Gasteiger partial charge in [0, 0.05) is 5.69 Å². The van der Waals surface area contributed by atoms with Gasteiger partial charge < -0.3 is 10.3 Å². The van der Waals surface area contributed by atoms with E-state index in [1.54, 1.807) is 0 Å². The summed E-state index contributed by atoms with van der Waals surface area (Å²) in [4.78, 5) is 20.5. The third-order valence-corrected chi connectivity index (χ3v) is 5.18. The molecule has 0 saturated carbocycles. The van der Waals surface area contributed by atoms with Crippen molar-refractivity contribution in [1.29, 1.82) is 0 Å². The van der Waals surface area contributed by atoms with Crippen molar-refractivity contribution in [2.24, 2.45) is 0 Å². The van der Waals surface area contributed by atoms with Crippen LogP contribution < -0.4 is 5.32 Å². The molecule has 0 fully saturated rings. The first-order valence-electron chi connectivity index (χ1n) is 8.47. The number of aryl methyl sites for hydroxylation is 1. The maximum atomic E-state index is 12.7. The molecule has 2 aromatic carbocycles. The molecule has 0 aliphatic carbocycles. The maximum Gasteiger partial charge on any atom is 0.237 e. The average molecular weight is 353 g/mol. The SMILES string of the molecule is Cc1cccc(C(C)C)c1NC(=O)[C@H](C)Sc1nc2ccccc2[nH]1. The fourth-order valence-electron chi connectivity index (χ4n) is 2.77. The summed E-state index contributed by atoms with van der Waals surface area (Å²) in [6, 6.07) is 14.0.